The third kappa shape index (κ3) is 21.0. The van der Waals surface area contributed by atoms with E-state index >= 15 is 0 Å². The first-order valence-electron chi connectivity index (χ1n) is 31.2. The number of benzene rings is 10. The van der Waals surface area contributed by atoms with Crippen molar-refractivity contribution in [3.8, 4) is 28.7 Å². The van der Waals surface area contributed by atoms with E-state index in [0.717, 1.165) is 22.0 Å². The largest absolute Gasteiger partial charge is 0.457 e. The van der Waals surface area contributed by atoms with Crippen LogP contribution >= 0.6 is 0 Å². The summed E-state index contributed by atoms with van der Waals surface area (Å²) >= 11 is 0. The second kappa shape index (κ2) is 36.0. The fraction of sp³-hybridized carbons (Fsp3) is 0.188. The van der Waals surface area contributed by atoms with Gasteiger partial charge in [0, 0.05) is 0 Å². The zero-order valence-electron chi connectivity index (χ0n) is 54.0. The molecule has 0 N–H and O–H groups in total. The van der Waals surface area contributed by atoms with E-state index in [2.05, 4.69) is 109 Å². The van der Waals surface area contributed by atoms with Crippen molar-refractivity contribution in [1.82, 2.24) is 0 Å². The number of ether oxygens (including phenoxy) is 6. The Balaban J connectivity index is 0.000000181. The van der Waals surface area contributed by atoms with Gasteiger partial charge in [-0.05, 0) is 203 Å². The molecule has 0 amide bonds. The molecule has 2 atom stereocenters. The number of hydrogen-bond donors (Lipinski definition) is 0. The fourth-order valence-electron chi connectivity index (χ4n) is 8.82. The number of carbonyl (C=O) groups excluding carboxylic acids is 5. The summed E-state index contributed by atoms with van der Waals surface area (Å²) in [6.07, 6.45) is 2.05. The van der Waals surface area contributed by atoms with E-state index < -0.39 is 29.9 Å². The minimum absolute atomic E-state index is 0.115. The average Bonchev–Trinajstić information content (AvgIpc) is 0.855. The van der Waals surface area contributed by atoms with E-state index in [-0.39, 0.29) is 63.1 Å². The van der Waals surface area contributed by atoms with Crippen LogP contribution in [0, 0.1) is 17.3 Å². The first-order valence-corrected chi connectivity index (χ1v) is 34.9. The van der Waals surface area contributed by atoms with Crippen LogP contribution in [0.4, 0.5) is 0 Å². The molecule has 10 rings (SSSR count). The molecule has 10 aromatic carbocycles. The van der Waals surface area contributed by atoms with Crippen LogP contribution in [0.1, 0.15) is 67.7 Å². The van der Waals surface area contributed by atoms with Gasteiger partial charge in [0.2, 0.25) is 0 Å². The van der Waals surface area contributed by atoms with Gasteiger partial charge in [-0.3, -0.25) is 14.4 Å². The van der Waals surface area contributed by atoms with Crippen molar-refractivity contribution < 1.29 is 52.4 Å². The average molecular weight is 1310 g/mol. The van der Waals surface area contributed by atoms with Crippen LogP contribution in [0.2, 0.25) is 0 Å². The molecule has 0 spiro atoms. The first-order chi connectivity index (χ1) is 45.6. The maximum Gasteiger partial charge on any atom is 0.349 e. The molecular formula is C80H79O11S3+3. The van der Waals surface area contributed by atoms with Gasteiger partial charge in [-0.1, -0.05) is 144 Å². The van der Waals surface area contributed by atoms with Crippen LogP contribution in [0.3, 0.4) is 0 Å². The van der Waals surface area contributed by atoms with Crippen molar-refractivity contribution in [2.45, 2.75) is 112 Å². The van der Waals surface area contributed by atoms with E-state index in [9.17, 15) is 24.0 Å². The Morgan fingerprint density at radius 3 is 0.862 bits per heavy atom. The van der Waals surface area contributed by atoms with Crippen LogP contribution < -0.4 is 18.9 Å². The monoisotopic (exact) mass is 1310 g/mol. The van der Waals surface area contributed by atoms with Gasteiger partial charge in [0.05, 0.1) is 49.9 Å². The van der Waals surface area contributed by atoms with E-state index in [1.807, 2.05) is 161 Å². The van der Waals surface area contributed by atoms with Gasteiger partial charge in [0.25, 0.3) is 0 Å². The van der Waals surface area contributed by atoms with Gasteiger partial charge < -0.3 is 28.4 Å². The molecule has 480 valence electrons. The molecule has 0 aliphatic rings. The molecular weight excluding hydrogens is 1230 g/mol. The summed E-state index contributed by atoms with van der Waals surface area (Å²) in [5, 5.41) is 0. The minimum Gasteiger partial charge on any atom is -0.457 e. The van der Waals surface area contributed by atoms with Gasteiger partial charge in [0.15, 0.2) is 57.3 Å². The first kappa shape index (κ1) is 70.3. The summed E-state index contributed by atoms with van der Waals surface area (Å²) in [6, 6.07) is 92.8. The van der Waals surface area contributed by atoms with Crippen LogP contribution in [0.5, 0.6) is 28.7 Å². The molecule has 10 aromatic rings. The van der Waals surface area contributed by atoms with E-state index in [1.165, 1.54) is 34.3 Å². The Morgan fingerprint density at radius 1 is 0.319 bits per heavy atom. The molecule has 0 radical (unpaired) electrons. The Hall–Kier alpha value is -9.60. The molecule has 0 aliphatic carbocycles. The third-order valence-electron chi connectivity index (χ3n) is 14.9. The number of hydrogen-bond acceptors (Lipinski definition) is 11. The van der Waals surface area contributed by atoms with Gasteiger partial charge in [-0.2, -0.15) is 0 Å². The van der Waals surface area contributed by atoms with Crippen LogP contribution in [-0.2, 0) is 66.1 Å². The van der Waals surface area contributed by atoms with Crippen molar-refractivity contribution >= 4 is 62.5 Å². The smallest absolute Gasteiger partial charge is 0.349 e. The molecule has 14 heteroatoms. The van der Waals surface area contributed by atoms with Crippen molar-refractivity contribution in [2.24, 2.45) is 17.3 Å². The lowest BCUT2D eigenvalue weighted by Gasteiger charge is -2.19. The highest BCUT2D eigenvalue weighted by Crippen LogP contribution is 2.36. The summed E-state index contributed by atoms with van der Waals surface area (Å²) in [5.74, 6) is 0.272. The molecule has 0 aromatic heterocycles. The SMILES string of the molecule is CCC(C)(C)C(=O)OCC(=O)Oc1ccc([S+](c2ccccc2)c2ccccc2)cc1.CCC(C)C(=O)OCC(=O)Oc1ccc([S+](c2ccccc2)c2ccccc2)cc1.CCC(C)C(=O)Oc1ccc(Oc2ccc([S+](c3ccccc3)c3ccccc3)cc2)cc1. The van der Waals surface area contributed by atoms with E-state index in [4.69, 9.17) is 28.4 Å². The molecule has 0 saturated carbocycles. The van der Waals surface area contributed by atoms with Crippen LogP contribution in [0.15, 0.2) is 323 Å². The van der Waals surface area contributed by atoms with Crippen molar-refractivity contribution in [3.63, 3.8) is 0 Å². The van der Waals surface area contributed by atoms with Crippen molar-refractivity contribution in [2.75, 3.05) is 13.2 Å². The zero-order chi connectivity index (χ0) is 66.7. The molecule has 0 heterocycles. The third-order valence-corrected chi connectivity index (χ3v) is 21.6. The molecule has 2 unspecified atom stereocenters. The van der Waals surface area contributed by atoms with Crippen molar-refractivity contribution in [3.05, 3.63) is 279 Å². The predicted molar refractivity (Wildman–Crippen MR) is 373 cm³/mol. The molecule has 0 aliphatic heterocycles. The molecule has 0 saturated heterocycles. The number of esters is 5. The van der Waals surface area contributed by atoms with Gasteiger partial charge >= 0.3 is 29.8 Å². The Kier molecular flexibility index (Phi) is 26.9. The van der Waals surface area contributed by atoms with Gasteiger partial charge in [0.1, 0.15) is 28.7 Å². The number of carbonyl (C=O) groups is 5. The summed E-state index contributed by atoms with van der Waals surface area (Å²) < 4.78 is 32.2. The summed E-state index contributed by atoms with van der Waals surface area (Å²) in [5.41, 5.74) is -0.618. The van der Waals surface area contributed by atoms with Crippen molar-refractivity contribution in [1.29, 1.82) is 0 Å². The summed E-state index contributed by atoms with van der Waals surface area (Å²) in [4.78, 5) is 70.6. The quantitative estimate of drug-likeness (QED) is 0.0324. The van der Waals surface area contributed by atoms with E-state index in [0.29, 0.717) is 35.8 Å². The van der Waals surface area contributed by atoms with E-state index in [1.54, 1.807) is 57.2 Å². The maximum atomic E-state index is 12.1. The highest BCUT2D eigenvalue weighted by atomic mass is 32.2. The highest BCUT2D eigenvalue weighted by molar-refractivity contribution is 7.97. The highest BCUT2D eigenvalue weighted by Gasteiger charge is 2.32. The normalized spacial score (nSPS) is 11.6. The molecule has 94 heavy (non-hydrogen) atoms. The Bertz CT molecular complexity index is 3820. The van der Waals surface area contributed by atoms with Gasteiger partial charge in [-0.25, -0.2) is 9.59 Å². The number of rotatable bonds is 24. The maximum absolute atomic E-state index is 12.1. The molecule has 0 bridgehead atoms. The standard InChI is InChI=1S/C29H27O3S.C26H27O4S.C25H25O4S/c1-3-22(2)29(30)32-25-16-14-23(15-17-25)31-24-18-20-28(21-19-24)33(26-10-6-4-7-11-26)27-12-8-5-9-13-27;1-4-26(2,3)25(28)29-19-24(27)30-20-15-17-23(18-16-20)31(21-11-7-5-8-12-21)22-13-9-6-10-14-22;1-3-19(2)25(27)28-18-24(26)29-20-14-16-23(17-15-20)30(21-10-6-4-7-11-21)22-12-8-5-9-13-22/h4-22H,3H2,1-2H3;5-18H,4,19H2,1-3H3;4-17,19H,3,18H2,1-2H3/q3*+1. The van der Waals surface area contributed by atoms with Crippen LogP contribution in [0.25, 0.3) is 0 Å². The van der Waals surface area contributed by atoms with Gasteiger partial charge in [-0.15, -0.1) is 0 Å². The molecule has 11 nitrogen and oxygen atoms in total. The summed E-state index contributed by atoms with van der Waals surface area (Å²) in [7, 11) is -0.715. The second-order valence-electron chi connectivity index (χ2n) is 22.2. The zero-order valence-corrected chi connectivity index (χ0v) is 56.4. The topological polar surface area (TPSA) is 141 Å². The Morgan fingerprint density at radius 2 is 0.564 bits per heavy atom. The predicted octanol–water partition coefficient (Wildman–Crippen LogP) is 18.5. The summed E-state index contributed by atoms with van der Waals surface area (Å²) in [6.45, 7) is 12.2. The Labute approximate surface area is 561 Å². The lowest BCUT2D eigenvalue weighted by molar-refractivity contribution is -0.161. The minimum atomic E-state index is -0.618. The molecule has 0 fully saturated rings. The fourth-order valence-corrected chi connectivity index (χ4v) is 15.1. The second-order valence-corrected chi connectivity index (χ2v) is 28.3. The lowest BCUT2D eigenvalue weighted by atomic mass is 9.91. The van der Waals surface area contributed by atoms with Crippen LogP contribution in [-0.4, -0.2) is 43.1 Å². The lowest BCUT2D eigenvalue weighted by Crippen LogP contribution is -2.29.